The van der Waals surface area contributed by atoms with E-state index in [1.54, 1.807) is 7.11 Å². The third-order valence-corrected chi connectivity index (χ3v) is 4.25. The molecule has 0 amide bonds. The van der Waals surface area contributed by atoms with Gasteiger partial charge < -0.3 is 15.0 Å². The van der Waals surface area contributed by atoms with Gasteiger partial charge in [-0.15, -0.1) is 0 Å². The smallest absolute Gasteiger partial charge is 0.142 e. The second-order valence-corrected chi connectivity index (χ2v) is 6.88. The molecule has 0 spiro atoms. The Morgan fingerprint density at radius 1 is 1.45 bits per heavy atom. The van der Waals surface area contributed by atoms with Gasteiger partial charge in [0.1, 0.15) is 5.75 Å². The van der Waals surface area contributed by atoms with Gasteiger partial charge in [0.25, 0.3) is 0 Å². The summed E-state index contributed by atoms with van der Waals surface area (Å²) in [5.74, 6) is 2.42. The minimum absolute atomic E-state index is 0.720. The molecule has 1 aromatic carbocycles. The summed E-state index contributed by atoms with van der Waals surface area (Å²) < 4.78 is 6.59. The van der Waals surface area contributed by atoms with Crippen molar-refractivity contribution in [3.8, 4) is 5.75 Å². The molecule has 1 aliphatic heterocycles. The molecule has 112 valence electrons. The Morgan fingerprint density at radius 2 is 2.25 bits per heavy atom. The van der Waals surface area contributed by atoms with Crippen LogP contribution in [0.2, 0.25) is 0 Å². The number of benzene rings is 1. The number of nitrogens with one attached hydrogen (secondary N) is 1. The number of methoxy groups -OCH3 is 1. The fourth-order valence-corrected chi connectivity index (χ4v) is 3.05. The van der Waals surface area contributed by atoms with Crippen molar-refractivity contribution < 1.29 is 4.74 Å². The van der Waals surface area contributed by atoms with E-state index in [2.05, 4.69) is 46.1 Å². The van der Waals surface area contributed by atoms with Crippen LogP contribution in [-0.4, -0.2) is 33.3 Å². The van der Waals surface area contributed by atoms with Gasteiger partial charge in [-0.1, -0.05) is 29.8 Å². The van der Waals surface area contributed by atoms with E-state index in [4.69, 9.17) is 4.74 Å². The van der Waals surface area contributed by atoms with Gasteiger partial charge in [-0.05, 0) is 49.5 Å². The standard InChI is InChI=1S/C16H25BrN2O/c1-12(2)9-18-10-13-6-7-19(11-13)15-8-14(17)4-5-16(15)20-3/h4-5,8,12-13,18H,6-7,9-11H2,1-3H3. The Kier molecular flexibility index (Phi) is 5.73. The summed E-state index contributed by atoms with van der Waals surface area (Å²) in [5.41, 5.74) is 1.20. The average molecular weight is 341 g/mol. The molecule has 0 radical (unpaired) electrons. The molecule has 0 bridgehead atoms. The third kappa shape index (κ3) is 4.13. The Bertz CT molecular complexity index is 436. The van der Waals surface area contributed by atoms with Gasteiger partial charge in [0.05, 0.1) is 12.8 Å². The molecule has 0 aliphatic carbocycles. The Labute approximate surface area is 130 Å². The quantitative estimate of drug-likeness (QED) is 0.857. The number of nitrogens with zero attached hydrogens (tertiary/aromatic N) is 1. The van der Waals surface area contributed by atoms with Crippen LogP contribution in [0, 0.1) is 11.8 Å². The zero-order valence-corrected chi connectivity index (χ0v) is 14.2. The Morgan fingerprint density at radius 3 is 2.95 bits per heavy atom. The number of hydrogen-bond donors (Lipinski definition) is 1. The maximum Gasteiger partial charge on any atom is 0.142 e. The summed E-state index contributed by atoms with van der Waals surface area (Å²) in [6, 6.07) is 6.21. The number of anilines is 1. The van der Waals surface area contributed by atoms with Crippen molar-refractivity contribution in [1.82, 2.24) is 5.32 Å². The average Bonchev–Trinajstić information content (AvgIpc) is 2.87. The highest BCUT2D eigenvalue weighted by molar-refractivity contribution is 9.10. The lowest BCUT2D eigenvalue weighted by molar-refractivity contribution is 0.414. The minimum atomic E-state index is 0.720. The molecule has 1 N–H and O–H groups in total. The summed E-state index contributed by atoms with van der Waals surface area (Å²) in [7, 11) is 1.74. The van der Waals surface area contributed by atoms with Crippen LogP contribution in [0.3, 0.4) is 0 Å². The third-order valence-electron chi connectivity index (χ3n) is 3.75. The van der Waals surface area contributed by atoms with Gasteiger partial charge in [-0.25, -0.2) is 0 Å². The maximum atomic E-state index is 5.48. The van der Waals surface area contributed by atoms with E-state index >= 15 is 0 Å². The molecular formula is C16H25BrN2O. The van der Waals surface area contributed by atoms with E-state index < -0.39 is 0 Å². The zero-order valence-electron chi connectivity index (χ0n) is 12.7. The predicted octanol–water partition coefficient (Wildman–Crippen LogP) is 3.53. The number of rotatable bonds is 6. The van der Waals surface area contributed by atoms with Crippen molar-refractivity contribution in [3.63, 3.8) is 0 Å². The molecule has 2 rings (SSSR count). The second kappa shape index (κ2) is 7.32. The van der Waals surface area contributed by atoms with Crippen molar-refractivity contribution in [3.05, 3.63) is 22.7 Å². The number of hydrogen-bond acceptors (Lipinski definition) is 3. The van der Waals surface area contributed by atoms with E-state index in [1.165, 1.54) is 12.1 Å². The first-order valence-electron chi connectivity index (χ1n) is 7.39. The summed E-state index contributed by atoms with van der Waals surface area (Å²) in [6.45, 7) is 8.95. The van der Waals surface area contributed by atoms with Crippen LogP contribution < -0.4 is 15.0 Å². The molecule has 1 fully saturated rings. The Balaban J connectivity index is 1.93. The van der Waals surface area contributed by atoms with Gasteiger partial charge in [-0.2, -0.15) is 0 Å². The Hall–Kier alpha value is -0.740. The van der Waals surface area contributed by atoms with E-state index in [9.17, 15) is 0 Å². The summed E-state index contributed by atoms with van der Waals surface area (Å²) in [4.78, 5) is 2.44. The monoisotopic (exact) mass is 340 g/mol. The second-order valence-electron chi connectivity index (χ2n) is 5.97. The first kappa shape index (κ1) is 15.6. The van der Waals surface area contributed by atoms with E-state index in [0.29, 0.717) is 0 Å². The topological polar surface area (TPSA) is 24.5 Å². The van der Waals surface area contributed by atoms with Crippen LogP contribution in [-0.2, 0) is 0 Å². The van der Waals surface area contributed by atoms with E-state index in [-0.39, 0.29) is 0 Å². The lowest BCUT2D eigenvalue weighted by Crippen LogP contribution is -2.28. The molecule has 1 heterocycles. The highest BCUT2D eigenvalue weighted by atomic mass is 79.9. The molecule has 4 heteroatoms. The normalized spacial score (nSPS) is 18.9. The minimum Gasteiger partial charge on any atom is -0.495 e. The molecular weight excluding hydrogens is 316 g/mol. The number of halogens is 1. The van der Waals surface area contributed by atoms with Crippen LogP contribution in [0.15, 0.2) is 22.7 Å². The van der Waals surface area contributed by atoms with Gasteiger partial charge in [0, 0.05) is 17.6 Å². The molecule has 0 saturated carbocycles. The molecule has 1 aliphatic rings. The van der Waals surface area contributed by atoms with Crippen LogP contribution in [0.1, 0.15) is 20.3 Å². The van der Waals surface area contributed by atoms with Crippen LogP contribution >= 0.6 is 15.9 Å². The highest BCUT2D eigenvalue weighted by Gasteiger charge is 2.24. The molecule has 20 heavy (non-hydrogen) atoms. The van der Waals surface area contributed by atoms with Crippen molar-refractivity contribution in [2.24, 2.45) is 11.8 Å². The summed E-state index contributed by atoms with van der Waals surface area (Å²) in [5, 5.41) is 3.57. The first-order chi connectivity index (χ1) is 9.60. The van der Waals surface area contributed by atoms with Crippen molar-refractivity contribution in [1.29, 1.82) is 0 Å². The van der Waals surface area contributed by atoms with Gasteiger partial charge in [0.2, 0.25) is 0 Å². The van der Waals surface area contributed by atoms with Crippen molar-refractivity contribution in [2.75, 3.05) is 38.2 Å². The van der Waals surface area contributed by atoms with Crippen molar-refractivity contribution >= 4 is 21.6 Å². The lowest BCUT2D eigenvalue weighted by atomic mass is 10.1. The SMILES string of the molecule is COc1ccc(Br)cc1N1CCC(CNCC(C)C)C1. The van der Waals surface area contributed by atoms with Crippen LogP contribution in [0.5, 0.6) is 5.75 Å². The highest BCUT2D eigenvalue weighted by Crippen LogP contribution is 2.34. The molecule has 1 unspecified atom stereocenters. The first-order valence-corrected chi connectivity index (χ1v) is 8.18. The molecule has 3 nitrogen and oxygen atoms in total. The summed E-state index contributed by atoms with van der Waals surface area (Å²) in [6.07, 6.45) is 1.25. The zero-order chi connectivity index (χ0) is 14.5. The molecule has 1 aromatic rings. The predicted molar refractivity (Wildman–Crippen MR) is 88.7 cm³/mol. The molecule has 1 atom stereocenters. The summed E-state index contributed by atoms with van der Waals surface area (Å²) >= 11 is 3.55. The van der Waals surface area contributed by atoms with E-state index in [0.717, 1.165) is 48.2 Å². The van der Waals surface area contributed by atoms with Gasteiger partial charge in [0.15, 0.2) is 0 Å². The largest absolute Gasteiger partial charge is 0.495 e. The molecule has 0 aromatic heterocycles. The van der Waals surface area contributed by atoms with Gasteiger partial charge >= 0.3 is 0 Å². The molecule has 1 saturated heterocycles. The van der Waals surface area contributed by atoms with E-state index in [1.807, 2.05) is 12.1 Å². The number of ether oxygens (including phenoxy) is 1. The lowest BCUT2D eigenvalue weighted by Gasteiger charge is -2.22. The van der Waals surface area contributed by atoms with Crippen molar-refractivity contribution in [2.45, 2.75) is 20.3 Å². The maximum absolute atomic E-state index is 5.48. The van der Waals surface area contributed by atoms with Gasteiger partial charge in [-0.3, -0.25) is 0 Å². The fourth-order valence-electron chi connectivity index (χ4n) is 2.70. The van der Waals surface area contributed by atoms with Crippen LogP contribution in [0.25, 0.3) is 0 Å². The van der Waals surface area contributed by atoms with Crippen LogP contribution in [0.4, 0.5) is 5.69 Å². The fraction of sp³-hybridized carbons (Fsp3) is 0.625.